The fraction of sp³-hybridized carbons (Fsp3) is 1.00. The maximum Gasteiger partial charge on any atom is -0.0246 e. The summed E-state index contributed by atoms with van der Waals surface area (Å²) in [5, 5.41) is 0. The highest BCUT2D eigenvalue weighted by Gasteiger charge is 2.51. The van der Waals surface area contributed by atoms with Gasteiger partial charge in [-0.3, -0.25) is 0 Å². The molecule has 0 aromatic rings. The summed E-state index contributed by atoms with van der Waals surface area (Å²) in [4.78, 5) is 0. The molecule has 0 nitrogen and oxygen atoms in total. The van der Waals surface area contributed by atoms with E-state index in [0.29, 0.717) is 16.2 Å². The number of rotatable bonds is 6. The summed E-state index contributed by atoms with van der Waals surface area (Å²) >= 11 is 0. The summed E-state index contributed by atoms with van der Waals surface area (Å²) in [7, 11) is 0. The largest absolute Gasteiger partial charge is 0.0628 e. The van der Waals surface area contributed by atoms with Crippen LogP contribution >= 0.6 is 0 Å². The van der Waals surface area contributed by atoms with Crippen molar-refractivity contribution in [2.75, 3.05) is 0 Å². The minimum absolute atomic E-state index is 0.519. The van der Waals surface area contributed by atoms with E-state index < -0.39 is 0 Å². The second-order valence-corrected chi connectivity index (χ2v) is 11.7. The molecule has 25 heavy (non-hydrogen) atoms. The van der Waals surface area contributed by atoms with E-state index in [2.05, 4.69) is 62.3 Å². The molecular formula is C25H48. The van der Waals surface area contributed by atoms with Crippen molar-refractivity contribution < 1.29 is 0 Å². The van der Waals surface area contributed by atoms with Gasteiger partial charge in [0.2, 0.25) is 0 Å². The van der Waals surface area contributed by atoms with Crippen LogP contribution in [0.25, 0.3) is 0 Å². The van der Waals surface area contributed by atoms with Crippen molar-refractivity contribution in [1.82, 2.24) is 0 Å². The second kappa shape index (κ2) is 7.55. The molecule has 0 aromatic carbocycles. The van der Waals surface area contributed by atoms with E-state index in [-0.39, 0.29) is 0 Å². The third-order valence-corrected chi connectivity index (χ3v) is 9.68. The third kappa shape index (κ3) is 3.98. The minimum atomic E-state index is 0.519. The predicted octanol–water partition coefficient (Wildman–Crippen LogP) is 8.35. The van der Waals surface area contributed by atoms with Gasteiger partial charge in [-0.05, 0) is 90.8 Å². The highest BCUT2D eigenvalue weighted by Crippen LogP contribution is 2.60. The lowest BCUT2D eigenvalue weighted by molar-refractivity contribution is -0.0683. The molecule has 0 heteroatoms. The van der Waals surface area contributed by atoms with E-state index in [0.717, 1.165) is 29.6 Å². The van der Waals surface area contributed by atoms with Crippen molar-refractivity contribution in [2.45, 2.75) is 114 Å². The maximum atomic E-state index is 2.66. The molecule has 0 bridgehead atoms. The minimum Gasteiger partial charge on any atom is -0.0628 e. The first-order chi connectivity index (χ1) is 11.4. The molecule has 0 aromatic heterocycles. The van der Waals surface area contributed by atoms with Crippen molar-refractivity contribution in [2.24, 2.45) is 45.8 Å². The molecule has 6 unspecified atom stereocenters. The first kappa shape index (κ1) is 21.3. The molecule has 0 aliphatic heterocycles. The summed E-state index contributed by atoms with van der Waals surface area (Å²) in [6, 6.07) is 0. The molecular weight excluding hydrogens is 300 g/mol. The fourth-order valence-corrected chi connectivity index (χ4v) is 7.00. The Morgan fingerprint density at radius 1 is 0.880 bits per heavy atom. The highest BCUT2D eigenvalue weighted by molar-refractivity contribution is 5.01. The monoisotopic (exact) mass is 348 g/mol. The van der Waals surface area contributed by atoms with Crippen LogP contribution in [0.3, 0.4) is 0 Å². The molecule has 6 atom stereocenters. The third-order valence-electron chi connectivity index (χ3n) is 9.68. The highest BCUT2D eigenvalue weighted by atomic mass is 14.6. The lowest BCUT2D eigenvalue weighted by Crippen LogP contribution is -2.47. The van der Waals surface area contributed by atoms with Crippen LogP contribution in [0.4, 0.5) is 0 Å². The van der Waals surface area contributed by atoms with E-state index in [1.165, 1.54) is 51.4 Å². The van der Waals surface area contributed by atoms with Crippen molar-refractivity contribution in [1.29, 1.82) is 0 Å². The molecule has 0 spiro atoms. The van der Waals surface area contributed by atoms with E-state index in [1.807, 2.05) is 0 Å². The van der Waals surface area contributed by atoms with Gasteiger partial charge in [0.25, 0.3) is 0 Å². The second-order valence-electron chi connectivity index (χ2n) is 11.7. The van der Waals surface area contributed by atoms with Crippen LogP contribution in [0.15, 0.2) is 0 Å². The Morgan fingerprint density at radius 2 is 1.44 bits per heavy atom. The molecule has 0 saturated heterocycles. The molecule has 2 aliphatic rings. The van der Waals surface area contributed by atoms with Gasteiger partial charge in [-0.2, -0.15) is 0 Å². The Bertz CT molecular complexity index is 421. The summed E-state index contributed by atoms with van der Waals surface area (Å²) < 4.78 is 0. The number of hydrogen-bond acceptors (Lipinski definition) is 0. The van der Waals surface area contributed by atoms with Gasteiger partial charge < -0.3 is 0 Å². The average molecular weight is 349 g/mol. The number of hydrogen-bond donors (Lipinski definition) is 0. The van der Waals surface area contributed by atoms with Crippen molar-refractivity contribution in [3.8, 4) is 0 Å². The zero-order valence-electron chi connectivity index (χ0n) is 19.0. The molecule has 148 valence electrons. The van der Waals surface area contributed by atoms with Crippen LogP contribution in [0.1, 0.15) is 114 Å². The van der Waals surface area contributed by atoms with E-state index >= 15 is 0 Å². The molecule has 2 fully saturated rings. The molecule has 0 heterocycles. The lowest BCUT2D eigenvalue weighted by atomic mass is 9.48. The SMILES string of the molecule is CC(C)CC1(C)CC(C)CCC1(C)C(C)CCC1(C)C(C)CCC1C. The van der Waals surface area contributed by atoms with Crippen LogP contribution in [0.2, 0.25) is 0 Å². The first-order valence-corrected chi connectivity index (χ1v) is 11.4. The van der Waals surface area contributed by atoms with Gasteiger partial charge in [-0.25, -0.2) is 0 Å². The maximum absolute atomic E-state index is 2.66. The van der Waals surface area contributed by atoms with Gasteiger partial charge in [-0.15, -0.1) is 0 Å². The van der Waals surface area contributed by atoms with E-state index in [1.54, 1.807) is 0 Å². The molecule has 0 amide bonds. The summed E-state index contributed by atoms with van der Waals surface area (Å²) in [5.41, 5.74) is 1.62. The van der Waals surface area contributed by atoms with Crippen LogP contribution in [-0.2, 0) is 0 Å². The Kier molecular flexibility index (Phi) is 6.44. The van der Waals surface area contributed by atoms with Gasteiger partial charge in [0.1, 0.15) is 0 Å². The Labute approximate surface area is 159 Å². The van der Waals surface area contributed by atoms with Crippen LogP contribution in [-0.4, -0.2) is 0 Å². The standard InChI is InChI=1S/C25H48/c1-18(2)16-23(7)17-19(3)12-15-25(23,9)22(6)13-14-24(8)20(4)10-11-21(24)5/h18-22H,10-17H2,1-9H3. The Balaban J connectivity index is 2.13. The average Bonchev–Trinajstić information content (AvgIpc) is 2.76. The quantitative estimate of drug-likeness (QED) is 0.452. The zero-order valence-corrected chi connectivity index (χ0v) is 19.0. The van der Waals surface area contributed by atoms with E-state index in [4.69, 9.17) is 0 Å². The van der Waals surface area contributed by atoms with Crippen LogP contribution in [0, 0.1) is 45.8 Å². The molecule has 2 aliphatic carbocycles. The molecule has 2 rings (SSSR count). The van der Waals surface area contributed by atoms with Gasteiger partial charge in [-0.1, -0.05) is 68.7 Å². The first-order valence-electron chi connectivity index (χ1n) is 11.4. The summed E-state index contributed by atoms with van der Waals surface area (Å²) in [5.74, 6) is 4.40. The Morgan fingerprint density at radius 3 is 1.96 bits per heavy atom. The molecule has 0 radical (unpaired) electrons. The van der Waals surface area contributed by atoms with Gasteiger partial charge in [0.15, 0.2) is 0 Å². The topological polar surface area (TPSA) is 0 Å². The lowest BCUT2D eigenvalue weighted by Gasteiger charge is -2.56. The van der Waals surface area contributed by atoms with Gasteiger partial charge >= 0.3 is 0 Å². The van der Waals surface area contributed by atoms with Crippen molar-refractivity contribution >= 4 is 0 Å². The predicted molar refractivity (Wildman–Crippen MR) is 113 cm³/mol. The summed E-state index contributed by atoms with van der Waals surface area (Å²) in [6.07, 6.45) is 11.5. The molecule has 0 N–H and O–H groups in total. The van der Waals surface area contributed by atoms with Crippen molar-refractivity contribution in [3.63, 3.8) is 0 Å². The normalized spacial score (nSPS) is 46.6. The van der Waals surface area contributed by atoms with Gasteiger partial charge in [0, 0.05) is 0 Å². The zero-order chi connectivity index (χ0) is 19.0. The van der Waals surface area contributed by atoms with Crippen LogP contribution in [0.5, 0.6) is 0 Å². The van der Waals surface area contributed by atoms with Crippen LogP contribution < -0.4 is 0 Å². The van der Waals surface area contributed by atoms with Crippen molar-refractivity contribution in [3.05, 3.63) is 0 Å². The smallest absolute Gasteiger partial charge is 0.0246 e. The van der Waals surface area contributed by atoms with Gasteiger partial charge in [0.05, 0.1) is 0 Å². The Hall–Kier alpha value is 0. The molecule has 2 saturated carbocycles. The van der Waals surface area contributed by atoms with E-state index in [9.17, 15) is 0 Å². The summed E-state index contributed by atoms with van der Waals surface area (Å²) in [6.45, 7) is 22.9. The fourth-order valence-electron chi connectivity index (χ4n) is 7.00.